The van der Waals surface area contributed by atoms with Crippen molar-refractivity contribution in [3.05, 3.63) is 71.4 Å². The van der Waals surface area contributed by atoms with Crippen LogP contribution in [0, 0.1) is 13.8 Å². The van der Waals surface area contributed by atoms with E-state index >= 15 is 0 Å². The van der Waals surface area contributed by atoms with Crippen LogP contribution in [0.3, 0.4) is 0 Å². The number of methoxy groups -OCH3 is 1. The second kappa shape index (κ2) is 7.87. The van der Waals surface area contributed by atoms with Gasteiger partial charge in [0, 0.05) is 17.8 Å². The Morgan fingerprint density at radius 1 is 0.962 bits per heavy atom. The van der Waals surface area contributed by atoms with Crippen molar-refractivity contribution in [1.29, 1.82) is 0 Å². The van der Waals surface area contributed by atoms with Crippen LogP contribution in [0.5, 0.6) is 5.75 Å². The van der Waals surface area contributed by atoms with E-state index in [1.807, 2.05) is 56.3 Å². The Bertz CT molecular complexity index is 880. The first kappa shape index (κ1) is 17.7. The van der Waals surface area contributed by atoms with Crippen molar-refractivity contribution in [2.24, 2.45) is 0 Å². The molecule has 0 bridgehead atoms. The van der Waals surface area contributed by atoms with Crippen LogP contribution < -0.4 is 15.4 Å². The van der Waals surface area contributed by atoms with E-state index < -0.39 is 0 Å². The normalized spacial score (nSPS) is 11.7. The zero-order chi connectivity index (χ0) is 18.5. The molecule has 0 saturated heterocycles. The molecule has 2 aromatic carbocycles. The molecule has 1 aromatic heterocycles. The average molecular weight is 348 g/mol. The summed E-state index contributed by atoms with van der Waals surface area (Å²) in [7, 11) is 1.65. The summed E-state index contributed by atoms with van der Waals surface area (Å²) in [5, 5.41) is 6.71. The van der Waals surface area contributed by atoms with Crippen molar-refractivity contribution < 1.29 is 4.74 Å². The monoisotopic (exact) mass is 348 g/mol. The van der Waals surface area contributed by atoms with Gasteiger partial charge < -0.3 is 15.4 Å². The third-order valence-corrected chi connectivity index (χ3v) is 4.12. The number of rotatable bonds is 6. The van der Waals surface area contributed by atoms with Crippen LogP contribution in [0.15, 0.2) is 54.6 Å². The second-order valence-corrected chi connectivity index (χ2v) is 6.32. The number of nitrogens with zero attached hydrogens (tertiary/aromatic N) is 2. The van der Waals surface area contributed by atoms with Gasteiger partial charge in [0.2, 0.25) is 5.95 Å². The van der Waals surface area contributed by atoms with Crippen LogP contribution in [-0.2, 0) is 0 Å². The van der Waals surface area contributed by atoms with Crippen LogP contribution in [0.1, 0.15) is 29.8 Å². The number of aryl methyl sites for hydroxylation is 2. The molecule has 3 rings (SSSR count). The van der Waals surface area contributed by atoms with Crippen LogP contribution >= 0.6 is 0 Å². The zero-order valence-corrected chi connectivity index (χ0v) is 15.6. The van der Waals surface area contributed by atoms with E-state index in [-0.39, 0.29) is 6.04 Å². The summed E-state index contributed by atoms with van der Waals surface area (Å²) in [5.41, 5.74) is 4.08. The summed E-state index contributed by atoms with van der Waals surface area (Å²) in [6.07, 6.45) is 0. The lowest BCUT2D eigenvalue weighted by atomic mass is 10.1. The third-order valence-electron chi connectivity index (χ3n) is 4.12. The lowest BCUT2D eigenvalue weighted by molar-refractivity contribution is 0.416. The van der Waals surface area contributed by atoms with Gasteiger partial charge in [-0.1, -0.05) is 36.4 Å². The van der Waals surface area contributed by atoms with Crippen molar-refractivity contribution in [2.45, 2.75) is 26.8 Å². The highest BCUT2D eigenvalue weighted by molar-refractivity contribution is 5.64. The smallest absolute Gasteiger partial charge is 0.229 e. The lowest BCUT2D eigenvalue weighted by Gasteiger charge is -2.16. The Labute approximate surface area is 154 Å². The fourth-order valence-corrected chi connectivity index (χ4v) is 2.79. The topological polar surface area (TPSA) is 59.1 Å². The average Bonchev–Trinajstić information content (AvgIpc) is 2.62. The summed E-state index contributed by atoms with van der Waals surface area (Å²) in [5.74, 6) is 2.08. The molecular formula is C21H24N4O. The molecule has 1 heterocycles. The molecule has 26 heavy (non-hydrogen) atoms. The molecule has 0 saturated carbocycles. The maximum atomic E-state index is 5.42. The first-order valence-corrected chi connectivity index (χ1v) is 8.64. The zero-order valence-electron chi connectivity index (χ0n) is 15.6. The fraction of sp³-hybridized carbons (Fsp3) is 0.238. The van der Waals surface area contributed by atoms with E-state index in [0.29, 0.717) is 5.95 Å². The van der Waals surface area contributed by atoms with Gasteiger partial charge in [-0.3, -0.25) is 0 Å². The van der Waals surface area contributed by atoms with E-state index in [0.717, 1.165) is 28.5 Å². The summed E-state index contributed by atoms with van der Waals surface area (Å²) in [4.78, 5) is 9.11. The Balaban J connectivity index is 1.83. The van der Waals surface area contributed by atoms with E-state index in [2.05, 4.69) is 39.7 Å². The number of ether oxygens (including phenoxy) is 1. The van der Waals surface area contributed by atoms with Crippen LogP contribution in [0.4, 0.5) is 17.5 Å². The van der Waals surface area contributed by atoms with Crippen LogP contribution in [0.2, 0.25) is 0 Å². The van der Waals surface area contributed by atoms with Gasteiger partial charge in [0.15, 0.2) is 0 Å². The third kappa shape index (κ3) is 4.30. The molecule has 0 fully saturated rings. The molecule has 0 aliphatic rings. The van der Waals surface area contributed by atoms with Crippen LogP contribution in [-0.4, -0.2) is 17.1 Å². The highest BCUT2D eigenvalue weighted by atomic mass is 16.5. The van der Waals surface area contributed by atoms with Gasteiger partial charge in [-0.15, -0.1) is 0 Å². The van der Waals surface area contributed by atoms with Crippen molar-refractivity contribution in [3.63, 3.8) is 0 Å². The van der Waals surface area contributed by atoms with E-state index in [9.17, 15) is 0 Å². The first-order chi connectivity index (χ1) is 12.5. The Kier molecular flexibility index (Phi) is 5.37. The predicted molar refractivity (Wildman–Crippen MR) is 106 cm³/mol. The molecule has 2 N–H and O–H groups in total. The summed E-state index contributed by atoms with van der Waals surface area (Å²) >= 11 is 0. The molecule has 1 atom stereocenters. The fourth-order valence-electron chi connectivity index (χ4n) is 2.79. The van der Waals surface area contributed by atoms with Gasteiger partial charge >= 0.3 is 0 Å². The SMILES string of the molecule is COc1ccc(C)cc1Nc1nc(C)cc(NC(C)c2ccccc2)n1. The minimum atomic E-state index is 0.145. The lowest BCUT2D eigenvalue weighted by Crippen LogP contribution is -2.10. The molecule has 5 nitrogen and oxygen atoms in total. The molecule has 0 aliphatic carbocycles. The maximum absolute atomic E-state index is 5.42. The molecule has 134 valence electrons. The molecule has 0 spiro atoms. The number of hydrogen-bond acceptors (Lipinski definition) is 5. The van der Waals surface area contributed by atoms with Gasteiger partial charge in [0.05, 0.1) is 12.8 Å². The standard InChI is InChI=1S/C21H24N4O/c1-14-10-11-19(26-4)18(12-14)24-21-22-15(2)13-20(25-21)23-16(3)17-8-6-5-7-9-17/h5-13,16H,1-4H3,(H2,22,23,24,25). The van der Waals surface area contributed by atoms with Crippen molar-refractivity contribution >= 4 is 17.5 Å². The number of hydrogen-bond donors (Lipinski definition) is 2. The first-order valence-electron chi connectivity index (χ1n) is 8.64. The second-order valence-electron chi connectivity index (χ2n) is 6.32. The molecule has 0 radical (unpaired) electrons. The summed E-state index contributed by atoms with van der Waals surface area (Å²) in [6, 6.07) is 18.3. The Morgan fingerprint density at radius 3 is 2.46 bits per heavy atom. The van der Waals surface area contributed by atoms with E-state index in [1.165, 1.54) is 5.56 Å². The highest BCUT2D eigenvalue weighted by Crippen LogP contribution is 2.28. The minimum absolute atomic E-state index is 0.145. The molecule has 0 amide bonds. The van der Waals surface area contributed by atoms with Gasteiger partial charge in [0.25, 0.3) is 0 Å². The van der Waals surface area contributed by atoms with Gasteiger partial charge in [0.1, 0.15) is 11.6 Å². The maximum Gasteiger partial charge on any atom is 0.229 e. The van der Waals surface area contributed by atoms with Crippen LogP contribution in [0.25, 0.3) is 0 Å². The molecule has 5 heteroatoms. The van der Waals surface area contributed by atoms with E-state index in [1.54, 1.807) is 7.11 Å². The van der Waals surface area contributed by atoms with Crippen molar-refractivity contribution in [3.8, 4) is 5.75 Å². The Hall–Kier alpha value is -3.08. The number of aromatic nitrogens is 2. The molecule has 0 aliphatic heterocycles. The molecule has 3 aromatic rings. The van der Waals surface area contributed by atoms with Crippen molar-refractivity contribution in [1.82, 2.24) is 9.97 Å². The van der Waals surface area contributed by atoms with Crippen molar-refractivity contribution in [2.75, 3.05) is 17.7 Å². The number of nitrogens with one attached hydrogen (secondary N) is 2. The predicted octanol–water partition coefficient (Wildman–Crippen LogP) is 5.02. The quantitative estimate of drug-likeness (QED) is 0.655. The summed E-state index contributed by atoms with van der Waals surface area (Å²) < 4.78 is 5.42. The van der Waals surface area contributed by atoms with Gasteiger partial charge in [-0.2, -0.15) is 4.98 Å². The minimum Gasteiger partial charge on any atom is -0.495 e. The Morgan fingerprint density at radius 2 is 1.73 bits per heavy atom. The largest absolute Gasteiger partial charge is 0.495 e. The van der Waals surface area contributed by atoms with E-state index in [4.69, 9.17) is 4.74 Å². The number of benzene rings is 2. The molecular weight excluding hydrogens is 324 g/mol. The molecule has 1 unspecified atom stereocenters. The number of anilines is 3. The van der Waals surface area contributed by atoms with Gasteiger partial charge in [-0.05, 0) is 44.0 Å². The highest BCUT2D eigenvalue weighted by Gasteiger charge is 2.10. The summed E-state index contributed by atoms with van der Waals surface area (Å²) in [6.45, 7) is 6.11. The van der Waals surface area contributed by atoms with Gasteiger partial charge in [-0.25, -0.2) is 4.98 Å².